The molecule has 46 heavy (non-hydrogen) atoms. The number of allylic oxidation sites excluding steroid dienone is 1. The lowest BCUT2D eigenvalue weighted by Crippen LogP contribution is -2.33. The number of benzene rings is 2. The van der Waals surface area contributed by atoms with Crippen molar-refractivity contribution in [2.24, 2.45) is 13.0 Å². The Kier molecular flexibility index (Phi) is 8.30. The van der Waals surface area contributed by atoms with E-state index in [1.54, 1.807) is 51.7 Å². The van der Waals surface area contributed by atoms with Crippen LogP contribution in [0.1, 0.15) is 95.1 Å². The number of aromatic carboxylic acids is 1. The summed E-state index contributed by atoms with van der Waals surface area (Å²) in [5, 5.41) is 15.7. The van der Waals surface area contributed by atoms with E-state index in [1.165, 1.54) is 12.0 Å². The second-order valence-electron chi connectivity index (χ2n) is 12.9. The average molecular weight is 645 g/mol. The number of methoxy groups -OCH3 is 1. The molecule has 0 atom stereocenters. The van der Waals surface area contributed by atoms with Gasteiger partial charge in [-0.1, -0.05) is 39.2 Å². The summed E-state index contributed by atoms with van der Waals surface area (Å²) in [5.74, 6) is -1.05. The number of fused-ring (bicyclic) bond motifs is 5. The second kappa shape index (κ2) is 12.1. The predicted molar refractivity (Wildman–Crippen MR) is 179 cm³/mol. The number of nitrogens with zero attached hydrogens (tertiary/aromatic N) is 3. The number of aromatic nitrogens is 3. The summed E-state index contributed by atoms with van der Waals surface area (Å²) in [6, 6.07) is 11.4. The van der Waals surface area contributed by atoms with E-state index in [2.05, 4.69) is 14.4 Å². The third kappa shape index (κ3) is 5.72. The van der Waals surface area contributed by atoms with Crippen molar-refractivity contribution in [2.75, 3.05) is 12.9 Å². The molecule has 1 fully saturated rings. The van der Waals surface area contributed by atoms with Crippen LogP contribution in [-0.2, 0) is 23.6 Å². The van der Waals surface area contributed by atoms with E-state index in [-0.39, 0.29) is 22.8 Å². The van der Waals surface area contributed by atoms with E-state index in [0.29, 0.717) is 29.6 Å². The summed E-state index contributed by atoms with van der Waals surface area (Å²) in [6.07, 6.45) is 7.53. The van der Waals surface area contributed by atoms with Crippen LogP contribution in [0.25, 0.3) is 33.8 Å². The minimum absolute atomic E-state index is 0.137. The van der Waals surface area contributed by atoms with Gasteiger partial charge in [-0.05, 0) is 84.7 Å². The van der Waals surface area contributed by atoms with Crippen molar-refractivity contribution in [1.29, 1.82) is 0 Å². The van der Waals surface area contributed by atoms with E-state index in [0.717, 1.165) is 59.0 Å². The van der Waals surface area contributed by atoms with Gasteiger partial charge in [0.2, 0.25) is 10.0 Å². The van der Waals surface area contributed by atoms with Crippen LogP contribution in [0.4, 0.5) is 0 Å². The fraction of sp³-hybridized carbons (Fsp3) is 0.400. The van der Waals surface area contributed by atoms with Gasteiger partial charge >= 0.3 is 5.97 Å². The molecule has 0 unspecified atom stereocenters. The van der Waals surface area contributed by atoms with Crippen molar-refractivity contribution in [1.82, 2.24) is 19.1 Å². The van der Waals surface area contributed by atoms with Crippen LogP contribution in [0.2, 0.25) is 0 Å². The second-order valence-corrected chi connectivity index (χ2v) is 14.6. The third-order valence-electron chi connectivity index (χ3n) is 9.09. The van der Waals surface area contributed by atoms with Gasteiger partial charge in [-0.3, -0.25) is 9.48 Å². The van der Waals surface area contributed by atoms with Crippen LogP contribution in [-0.4, -0.2) is 52.6 Å². The molecule has 0 radical (unpaired) electrons. The van der Waals surface area contributed by atoms with Crippen LogP contribution in [0, 0.1) is 12.8 Å². The van der Waals surface area contributed by atoms with E-state index in [4.69, 9.17) is 4.74 Å². The molecule has 4 aromatic rings. The van der Waals surface area contributed by atoms with Crippen LogP contribution < -0.4 is 9.46 Å². The highest BCUT2D eigenvalue weighted by molar-refractivity contribution is 7.90. The topological polar surface area (TPSA) is 133 Å². The van der Waals surface area contributed by atoms with Crippen LogP contribution >= 0.6 is 0 Å². The Balaban J connectivity index is 1.62. The largest absolute Gasteiger partial charge is 0.497 e. The van der Waals surface area contributed by atoms with Crippen molar-refractivity contribution in [3.63, 3.8) is 0 Å². The number of ether oxygens (including phenoxy) is 1. The van der Waals surface area contributed by atoms with Crippen molar-refractivity contribution in [2.45, 2.75) is 65.3 Å². The van der Waals surface area contributed by atoms with Crippen molar-refractivity contribution in [3.8, 4) is 17.0 Å². The number of carboxylic acids is 1. The lowest BCUT2D eigenvalue weighted by molar-refractivity contribution is 0.0695. The molecule has 2 N–H and O–H groups in total. The number of nitrogens with one attached hydrogen (secondary N) is 1. The van der Waals surface area contributed by atoms with Crippen LogP contribution in [0.3, 0.4) is 0 Å². The number of hydrogen-bond donors (Lipinski definition) is 2. The molecule has 1 aliphatic carbocycles. The summed E-state index contributed by atoms with van der Waals surface area (Å²) in [5.41, 5.74) is 6.93. The molecule has 3 heterocycles. The quantitative estimate of drug-likeness (QED) is 0.228. The van der Waals surface area contributed by atoms with Gasteiger partial charge in [0, 0.05) is 29.1 Å². The lowest BCUT2D eigenvalue weighted by atomic mass is 9.81. The Hall–Kier alpha value is -4.38. The highest BCUT2D eigenvalue weighted by Crippen LogP contribution is 2.48. The maximum absolute atomic E-state index is 13.4. The van der Waals surface area contributed by atoms with E-state index >= 15 is 0 Å². The number of sulfonamides is 1. The lowest BCUT2D eigenvalue weighted by Gasteiger charge is -2.24. The summed E-state index contributed by atoms with van der Waals surface area (Å²) in [6.45, 7) is 5.58. The molecule has 2 aliphatic rings. The molecular weight excluding hydrogens is 604 g/mol. The maximum atomic E-state index is 13.4. The molecule has 1 aliphatic heterocycles. The molecule has 2 aromatic heterocycles. The minimum atomic E-state index is -3.82. The van der Waals surface area contributed by atoms with E-state index < -0.39 is 21.9 Å². The standard InChI is InChI=1S/C35H40N4O6S/c1-20(2)19-46(43,44)37-34(40)23-11-13-28-29(17-23)39-18-25(32-30(35(41)42)21(3)36-38(32)4)15-24-16-26(45-5)12-14-27(24)33(39)31(28)22-9-7-6-8-10-22/h11-17,20,22H,6-10,18-19H2,1-5H3,(H,37,40)(H,41,42). The Labute approximate surface area is 269 Å². The average Bonchev–Trinajstić information content (AvgIpc) is 3.41. The Morgan fingerprint density at radius 3 is 2.50 bits per heavy atom. The van der Waals surface area contributed by atoms with Gasteiger partial charge in [-0.25, -0.2) is 17.9 Å². The summed E-state index contributed by atoms with van der Waals surface area (Å²) >= 11 is 0. The Morgan fingerprint density at radius 1 is 1.09 bits per heavy atom. The number of carbonyl (C=O) groups excluding carboxylic acids is 1. The van der Waals surface area contributed by atoms with Crippen LogP contribution in [0.5, 0.6) is 5.75 Å². The first kappa shape index (κ1) is 31.6. The number of carboxylic acid groups (broad SMARTS) is 1. The molecule has 2 aromatic carbocycles. The predicted octanol–water partition coefficient (Wildman–Crippen LogP) is 6.37. The first-order valence-electron chi connectivity index (χ1n) is 15.8. The maximum Gasteiger partial charge on any atom is 0.339 e. The highest BCUT2D eigenvalue weighted by Gasteiger charge is 2.32. The normalized spacial score (nSPS) is 15.3. The first-order chi connectivity index (χ1) is 21.9. The Bertz CT molecular complexity index is 2010. The summed E-state index contributed by atoms with van der Waals surface area (Å²) in [4.78, 5) is 25.8. The smallest absolute Gasteiger partial charge is 0.339 e. The molecule has 6 rings (SSSR count). The van der Waals surface area contributed by atoms with Crippen molar-refractivity contribution in [3.05, 3.63) is 70.0 Å². The number of rotatable bonds is 8. The SMILES string of the molecule is COc1ccc2c(c1)C=C(c1c(C(=O)O)c(C)nn1C)Cn1c-2c(C2CCCCC2)c2ccc(C(=O)NS(=O)(=O)CC(C)C)cc21. The van der Waals surface area contributed by atoms with Gasteiger partial charge < -0.3 is 14.4 Å². The molecule has 11 heteroatoms. The van der Waals surface area contributed by atoms with Gasteiger partial charge in [0.25, 0.3) is 5.91 Å². The molecular formula is C35H40N4O6S. The van der Waals surface area contributed by atoms with Gasteiger partial charge in [0.05, 0.1) is 36.5 Å². The summed E-state index contributed by atoms with van der Waals surface area (Å²) in [7, 11) is -0.451. The zero-order chi connectivity index (χ0) is 32.9. The first-order valence-corrected chi connectivity index (χ1v) is 17.4. The van der Waals surface area contributed by atoms with Crippen molar-refractivity contribution < 1.29 is 27.9 Å². The fourth-order valence-corrected chi connectivity index (χ4v) is 8.65. The molecule has 0 bridgehead atoms. The molecule has 242 valence electrons. The van der Waals surface area contributed by atoms with Crippen molar-refractivity contribution >= 4 is 44.5 Å². The van der Waals surface area contributed by atoms with Gasteiger partial charge in [-0.2, -0.15) is 5.10 Å². The van der Waals surface area contributed by atoms with Crippen LogP contribution in [0.15, 0.2) is 36.4 Å². The highest BCUT2D eigenvalue weighted by atomic mass is 32.2. The van der Waals surface area contributed by atoms with Gasteiger partial charge in [0.1, 0.15) is 11.3 Å². The number of aryl methyl sites for hydroxylation is 2. The molecule has 0 saturated heterocycles. The third-order valence-corrected chi connectivity index (χ3v) is 10.7. The molecule has 10 nitrogen and oxygen atoms in total. The Morgan fingerprint density at radius 2 is 1.83 bits per heavy atom. The van der Waals surface area contributed by atoms with E-state index in [1.807, 2.05) is 30.3 Å². The monoisotopic (exact) mass is 644 g/mol. The number of hydrogen-bond acceptors (Lipinski definition) is 6. The zero-order valence-corrected chi connectivity index (χ0v) is 27.7. The summed E-state index contributed by atoms with van der Waals surface area (Å²) < 4.78 is 37.0. The van der Waals surface area contributed by atoms with Gasteiger partial charge in [0.15, 0.2) is 0 Å². The molecule has 0 spiro atoms. The number of amides is 1. The zero-order valence-electron chi connectivity index (χ0n) is 26.9. The minimum Gasteiger partial charge on any atom is -0.497 e. The van der Waals surface area contributed by atoms with E-state index in [9.17, 15) is 23.1 Å². The number of carbonyl (C=O) groups is 2. The fourth-order valence-electron chi connectivity index (χ4n) is 7.29. The molecule has 1 amide bonds. The van der Waals surface area contributed by atoms with Gasteiger partial charge in [-0.15, -0.1) is 0 Å². The molecule has 1 saturated carbocycles.